The van der Waals surface area contributed by atoms with E-state index in [4.69, 9.17) is 11.6 Å². The molecule has 12 heavy (non-hydrogen) atoms. The van der Waals surface area contributed by atoms with Gasteiger partial charge in [-0.2, -0.15) is 0 Å². The van der Waals surface area contributed by atoms with Gasteiger partial charge in [0.25, 0.3) is 0 Å². The molecular formula is C9H11ClN2. The maximum Gasteiger partial charge on any atom is 0.131 e. The van der Waals surface area contributed by atoms with Crippen molar-refractivity contribution < 1.29 is 0 Å². The largest absolute Gasteiger partial charge is 0.370 e. The summed E-state index contributed by atoms with van der Waals surface area (Å²) >= 11 is 5.78. The van der Waals surface area contributed by atoms with Gasteiger partial charge in [0.15, 0.2) is 0 Å². The quantitative estimate of drug-likeness (QED) is 0.624. The Labute approximate surface area is 77.0 Å². The second kappa shape index (κ2) is 3.31. The van der Waals surface area contributed by atoms with Crippen molar-refractivity contribution in [1.29, 1.82) is 0 Å². The van der Waals surface area contributed by atoms with E-state index in [-0.39, 0.29) is 0 Å². The van der Waals surface area contributed by atoms with Crippen LogP contribution in [0.2, 0.25) is 5.15 Å². The van der Waals surface area contributed by atoms with Gasteiger partial charge in [-0.1, -0.05) is 17.7 Å². The molecule has 0 spiro atoms. The Bertz CT molecular complexity index is 286. The highest BCUT2D eigenvalue weighted by Gasteiger charge is 2.07. The lowest BCUT2D eigenvalue weighted by Gasteiger charge is -2.05. The molecule has 0 amide bonds. The molecule has 0 saturated carbocycles. The van der Waals surface area contributed by atoms with Gasteiger partial charge in [0.05, 0.1) is 0 Å². The minimum atomic E-state index is 0.572. The van der Waals surface area contributed by atoms with E-state index < -0.39 is 0 Å². The van der Waals surface area contributed by atoms with Crippen molar-refractivity contribution in [2.45, 2.75) is 19.3 Å². The first-order valence-corrected chi connectivity index (χ1v) is 4.63. The van der Waals surface area contributed by atoms with Crippen LogP contribution in [-0.4, -0.2) is 11.5 Å². The number of nitrogens with one attached hydrogen (secondary N) is 1. The Hall–Kier alpha value is -0.760. The summed E-state index contributed by atoms with van der Waals surface area (Å²) in [6, 6.07) is 3.91. The lowest BCUT2D eigenvalue weighted by atomic mass is 10.1. The Morgan fingerprint density at radius 2 is 2.25 bits per heavy atom. The van der Waals surface area contributed by atoms with Crippen LogP contribution in [0.5, 0.6) is 0 Å². The molecule has 0 aliphatic carbocycles. The van der Waals surface area contributed by atoms with E-state index in [0.29, 0.717) is 5.15 Å². The van der Waals surface area contributed by atoms with Crippen LogP contribution in [0.1, 0.15) is 18.4 Å². The van der Waals surface area contributed by atoms with Crippen LogP contribution in [0.25, 0.3) is 0 Å². The molecule has 1 aromatic rings. The smallest absolute Gasteiger partial charge is 0.131 e. The third kappa shape index (κ3) is 1.53. The van der Waals surface area contributed by atoms with Gasteiger partial charge in [0, 0.05) is 6.54 Å². The molecular weight excluding hydrogens is 172 g/mol. The lowest BCUT2D eigenvalue weighted by Crippen LogP contribution is -2.01. The fourth-order valence-electron chi connectivity index (χ4n) is 1.47. The highest BCUT2D eigenvalue weighted by molar-refractivity contribution is 6.29. The van der Waals surface area contributed by atoms with Crippen LogP contribution >= 0.6 is 11.6 Å². The first-order chi connectivity index (χ1) is 5.86. The van der Waals surface area contributed by atoms with Crippen molar-refractivity contribution in [3.8, 4) is 0 Å². The van der Waals surface area contributed by atoms with Crippen molar-refractivity contribution >= 4 is 17.4 Å². The third-order valence-electron chi connectivity index (χ3n) is 2.11. The number of nitrogens with zero attached hydrogens (tertiary/aromatic N) is 1. The van der Waals surface area contributed by atoms with Crippen molar-refractivity contribution in [3.63, 3.8) is 0 Å². The predicted molar refractivity (Wildman–Crippen MR) is 50.7 cm³/mol. The summed E-state index contributed by atoms with van der Waals surface area (Å²) in [6.07, 6.45) is 3.57. The molecule has 1 aromatic heterocycles. The Morgan fingerprint density at radius 1 is 1.33 bits per heavy atom. The Morgan fingerprint density at radius 3 is 3.17 bits per heavy atom. The molecule has 0 saturated heterocycles. The molecule has 2 nitrogen and oxygen atoms in total. The van der Waals surface area contributed by atoms with Crippen LogP contribution in [0.3, 0.4) is 0 Å². The van der Waals surface area contributed by atoms with Crippen molar-refractivity contribution in [2.75, 3.05) is 11.9 Å². The summed E-state index contributed by atoms with van der Waals surface area (Å²) in [6.45, 7) is 1.01. The molecule has 64 valence electrons. The first-order valence-electron chi connectivity index (χ1n) is 4.25. The molecule has 1 N–H and O–H groups in total. The summed E-state index contributed by atoms with van der Waals surface area (Å²) in [4.78, 5) is 4.23. The molecule has 1 aliphatic heterocycles. The van der Waals surface area contributed by atoms with E-state index >= 15 is 0 Å². The van der Waals surface area contributed by atoms with Gasteiger partial charge < -0.3 is 5.32 Å². The van der Waals surface area contributed by atoms with Gasteiger partial charge in [-0.25, -0.2) is 4.98 Å². The fourth-order valence-corrected chi connectivity index (χ4v) is 1.61. The van der Waals surface area contributed by atoms with Gasteiger partial charge >= 0.3 is 0 Å². The number of anilines is 1. The topological polar surface area (TPSA) is 24.9 Å². The zero-order valence-electron chi connectivity index (χ0n) is 6.81. The summed E-state index contributed by atoms with van der Waals surface area (Å²) < 4.78 is 0. The Kier molecular flexibility index (Phi) is 2.17. The maximum atomic E-state index is 5.78. The number of fused-ring (bicyclic) bond motifs is 1. The normalized spacial score (nSPS) is 16.1. The lowest BCUT2D eigenvalue weighted by molar-refractivity contribution is 0.785. The zero-order chi connectivity index (χ0) is 8.39. The molecule has 0 aromatic carbocycles. The number of halogens is 1. The standard InChI is InChI=1S/C9H11ClN2/c10-8-5-4-7-3-1-2-6-11-9(7)12-8/h4-5H,1-3,6H2,(H,11,12). The molecule has 3 heteroatoms. The van der Waals surface area contributed by atoms with Crippen LogP contribution < -0.4 is 5.32 Å². The number of rotatable bonds is 0. The van der Waals surface area contributed by atoms with E-state index in [0.717, 1.165) is 18.8 Å². The van der Waals surface area contributed by atoms with Gasteiger partial charge in [-0.15, -0.1) is 0 Å². The highest BCUT2D eigenvalue weighted by atomic mass is 35.5. The number of pyridine rings is 1. The number of aryl methyl sites for hydroxylation is 1. The molecule has 1 aliphatic rings. The summed E-state index contributed by atoms with van der Waals surface area (Å²) in [7, 11) is 0. The van der Waals surface area contributed by atoms with Crippen LogP contribution in [-0.2, 0) is 6.42 Å². The number of aromatic nitrogens is 1. The highest BCUT2D eigenvalue weighted by Crippen LogP contribution is 2.20. The summed E-state index contributed by atoms with van der Waals surface area (Å²) in [5.74, 6) is 0.972. The van der Waals surface area contributed by atoms with Gasteiger partial charge in [-0.05, 0) is 30.9 Å². The van der Waals surface area contributed by atoms with Crippen molar-refractivity contribution in [2.24, 2.45) is 0 Å². The molecule has 0 bridgehead atoms. The molecule has 0 unspecified atom stereocenters. The van der Waals surface area contributed by atoms with Gasteiger partial charge in [0.1, 0.15) is 11.0 Å². The van der Waals surface area contributed by atoms with Crippen molar-refractivity contribution in [3.05, 3.63) is 22.8 Å². The van der Waals surface area contributed by atoms with Gasteiger partial charge in [-0.3, -0.25) is 0 Å². The zero-order valence-corrected chi connectivity index (χ0v) is 7.56. The average Bonchev–Trinajstić information content (AvgIpc) is 2.28. The predicted octanol–water partition coefficient (Wildman–Crippen LogP) is 2.48. The molecule has 2 heterocycles. The monoisotopic (exact) mass is 182 g/mol. The van der Waals surface area contributed by atoms with Crippen LogP contribution in [0.4, 0.5) is 5.82 Å². The fraction of sp³-hybridized carbons (Fsp3) is 0.444. The Balaban J connectivity index is 2.36. The van der Waals surface area contributed by atoms with E-state index in [1.54, 1.807) is 0 Å². The van der Waals surface area contributed by atoms with Crippen molar-refractivity contribution in [1.82, 2.24) is 4.98 Å². The third-order valence-corrected chi connectivity index (χ3v) is 2.32. The average molecular weight is 183 g/mol. The maximum absolute atomic E-state index is 5.78. The first kappa shape index (κ1) is 7.87. The van der Waals surface area contributed by atoms with E-state index in [1.807, 2.05) is 6.07 Å². The van der Waals surface area contributed by atoms with Crippen LogP contribution in [0, 0.1) is 0 Å². The minimum absolute atomic E-state index is 0.572. The molecule has 2 rings (SSSR count). The van der Waals surface area contributed by atoms with E-state index in [1.165, 1.54) is 18.4 Å². The molecule has 0 fully saturated rings. The second-order valence-electron chi connectivity index (χ2n) is 3.03. The van der Waals surface area contributed by atoms with E-state index in [9.17, 15) is 0 Å². The minimum Gasteiger partial charge on any atom is -0.370 e. The second-order valence-corrected chi connectivity index (χ2v) is 3.41. The SMILES string of the molecule is Clc1ccc2c(n1)NCCCC2. The number of hydrogen-bond donors (Lipinski definition) is 1. The summed E-state index contributed by atoms with van der Waals surface area (Å²) in [5.41, 5.74) is 1.29. The van der Waals surface area contributed by atoms with Crippen LogP contribution in [0.15, 0.2) is 12.1 Å². The molecule has 0 atom stereocenters. The summed E-state index contributed by atoms with van der Waals surface area (Å²) in [5, 5.41) is 3.84. The van der Waals surface area contributed by atoms with E-state index in [2.05, 4.69) is 16.4 Å². The molecule has 0 radical (unpaired) electrons. The number of hydrogen-bond acceptors (Lipinski definition) is 2. The van der Waals surface area contributed by atoms with Gasteiger partial charge in [0.2, 0.25) is 0 Å².